The molecule has 1 saturated carbocycles. The van der Waals surface area contributed by atoms with Gasteiger partial charge in [0.05, 0.1) is 0 Å². The van der Waals surface area contributed by atoms with Crippen LogP contribution in [0.25, 0.3) is 0 Å². The highest BCUT2D eigenvalue weighted by molar-refractivity contribution is 6.99. The van der Waals surface area contributed by atoms with E-state index >= 15 is 0 Å². The molecule has 0 heterocycles. The molecule has 0 amide bonds. The summed E-state index contributed by atoms with van der Waals surface area (Å²) in [6.07, 6.45) is 0.980. The summed E-state index contributed by atoms with van der Waals surface area (Å²) in [5.74, 6) is 0.897. The molecule has 0 unspecified atom stereocenters. The van der Waals surface area contributed by atoms with Crippen LogP contribution in [0.5, 0.6) is 0 Å². The average Bonchev–Trinajstić information content (AvgIpc) is 3.36. The highest BCUT2D eigenvalue weighted by atomic mass is 28.4. The number of benzene rings is 2. The van der Waals surface area contributed by atoms with Gasteiger partial charge in [0.15, 0.2) is 0 Å². The molecular formula is C22H28O2Si. The van der Waals surface area contributed by atoms with Crippen molar-refractivity contribution in [2.45, 2.75) is 39.2 Å². The number of hydrogen-bond acceptors (Lipinski definition) is 2. The van der Waals surface area contributed by atoms with Crippen LogP contribution in [0.15, 0.2) is 60.7 Å². The van der Waals surface area contributed by atoms with Crippen LogP contribution in [0.4, 0.5) is 0 Å². The van der Waals surface area contributed by atoms with Crippen LogP contribution in [0, 0.1) is 11.8 Å². The Balaban J connectivity index is 2.02. The second kappa shape index (κ2) is 6.89. The van der Waals surface area contributed by atoms with Gasteiger partial charge in [-0.15, -0.1) is 0 Å². The highest BCUT2D eigenvalue weighted by Crippen LogP contribution is 2.42. The molecule has 0 radical (unpaired) electrons. The molecule has 3 heteroatoms. The molecule has 0 aromatic heterocycles. The minimum atomic E-state index is -2.45. The second-order valence-electron chi connectivity index (χ2n) is 8.19. The lowest BCUT2D eigenvalue weighted by atomic mass is 10.2. The Morgan fingerprint density at radius 2 is 1.48 bits per heavy atom. The van der Waals surface area contributed by atoms with Crippen LogP contribution < -0.4 is 10.4 Å². The Labute approximate surface area is 152 Å². The van der Waals surface area contributed by atoms with E-state index in [0.29, 0.717) is 18.3 Å². The zero-order valence-corrected chi connectivity index (χ0v) is 16.7. The van der Waals surface area contributed by atoms with E-state index in [4.69, 9.17) is 4.43 Å². The van der Waals surface area contributed by atoms with Gasteiger partial charge in [-0.05, 0) is 34.7 Å². The van der Waals surface area contributed by atoms with Crippen LogP contribution in [0.1, 0.15) is 34.1 Å². The van der Waals surface area contributed by atoms with Crippen LogP contribution in [0.2, 0.25) is 5.04 Å². The van der Waals surface area contributed by atoms with Crippen molar-refractivity contribution in [3.63, 3.8) is 0 Å². The van der Waals surface area contributed by atoms with Gasteiger partial charge in [-0.2, -0.15) is 0 Å². The van der Waals surface area contributed by atoms with Gasteiger partial charge in [0, 0.05) is 12.5 Å². The van der Waals surface area contributed by atoms with Crippen LogP contribution in [-0.2, 0) is 9.22 Å². The summed E-state index contributed by atoms with van der Waals surface area (Å²) in [5, 5.41) is 2.60. The van der Waals surface area contributed by atoms with E-state index in [9.17, 15) is 4.79 Å². The maximum atomic E-state index is 11.6. The summed E-state index contributed by atoms with van der Waals surface area (Å²) in [4.78, 5) is 11.6. The third kappa shape index (κ3) is 3.49. The Bertz CT molecular complexity index is 679. The monoisotopic (exact) mass is 352 g/mol. The molecule has 0 aliphatic heterocycles. The van der Waals surface area contributed by atoms with Gasteiger partial charge >= 0.3 is 0 Å². The van der Waals surface area contributed by atoms with Gasteiger partial charge in [-0.1, -0.05) is 81.4 Å². The minimum Gasteiger partial charge on any atom is -0.407 e. The van der Waals surface area contributed by atoms with Crippen molar-refractivity contribution < 1.29 is 9.22 Å². The van der Waals surface area contributed by atoms with E-state index in [1.165, 1.54) is 10.4 Å². The molecular weight excluding hydrogens is 324 g/mol. The Kier molecular flexibility index (Phi) is 4.98. The van der Waals surface area contributed by atoms with E-state index in [-0.39, 0.29) is 11.0 Å². The molecule has 0 N–H and O–H groups in total. The van der Waals surface area contributed by atoms with Gasteiger partial charge in [0.1, 0.15) is 5.78 Å². The van der Waals surface area contributed by atoms with Crippen LogP contribution in [0.3, 0.4) is 0 Å². The molecule has 1 aliphatic carbocycles. The van der Waals surface area contributed by atoms with Gasteiger partial charge in [-0.3, -0.25) is 4.79 Å². The zero-order valence-electron chi connectivity index (χ0n) is 15.7. The van der Waals surface area contributed by atoms with Crippen molar-refractivity contribution in [3.8, 4) is 0 Å². The van der Waals surface area contributed by atoms with Gasteiger partial charge in [-0.25, -0.2) is 0 Å². The quantitative estimate of drug-likeness (QED) is 0.740. The lowest BCUT2D eigenvalue weighted by molar-refractivity contribution is -0.118. The van der Waals surface area contributed by atoms with Crippen molar-refractivity contribution in [2.75, 3.05) is 6.61 Å². The third-order valence-electron chi connectivity index (χ3n) is 5.38. The predicted molar refractivity (Wildman–Crippen MR) is 106 cm³/mol. The molecule has 132 valence electrons. The first kappa shape index (κ1) is 18.1. The number of carbonyl (C=O) groups excluding carboxylic acids is 1. The molecule has 1 fully saturated rings. The SMILES string of the molecule is CC(=O)[C@H]1C[C@H]1CO[Si](c1ccccc1)(c1ccccc1)C(C)(C)C. The zero-order chi connectivity index (χ0) is 18.1. The van der Waals surface area contributed by atoms with Gasteiger partial charge in [0.25, 0.3) is 8.32 Å². The molecule has 0 saturated heterocycles. The van der Waals surface area contributed by atoms with Crippen molar-refractivity contribution in [3.05, 3.63) is 60.7 Å². The molecule has 0 bridgehead atoms. The summed E-state index contributed by atoms with van der Waals surface area (Å²) in [6, 6.07) is 21.4. The van der Waals surface area contributed by atoms with Crippen molar-refractivity contribution >= 4 is 24.5 Å². The third-order valence-corrected chi connectivity index (χ3v) is 10.4. The summed E-state index contributed by atoms with van der Waals surface area (Å²) < 4.78 is 6.86. The maximum Gasteiger partial charge on any atom is 0.261 e. The Morgan fingerprint density at radius 1 is 1.00 bits per heavy atom. The van der Waals surface area contributed by atoms with E-state index in [2.05, 4.69) is 81.4 Å². The topological polar surface area (TPSA) is 26.3 Å². The number of rotatable bonds is 6. The molecule has 2 nitrogen and oxygen atoms in total. The fraction of sp³-hybridized carbons (Fsp3) is 0.409. The molecule has 0 spiro atoms. The molecule has 2 aromatic rings. The molecule has 2 atom stereocenters. The van der Waals surface area contributed by atoms with Gasteiger partial charge in [0.2, 0.25) is 0 Å². The highest BCUT2D eigenvalue weighted by Gasteiger charge is 2.52. The largest absolute Gasteiger partial charge is 0.407 e. The number of carbonyl (C=O) groups is 1. The molecule has 2 aromatic carbocycles. The molecule has 1 aliphatic rings. The lowest BCUT2D eigenvalue weighted by Gasteiger charge is -2.43. The fourth-order valence-corrected chi connectivity index (χ4v) is 8.54. The van der Waals surface area contributed by atoms with E-state index in [0.717, 1.165) is 6.42 Å². The van der Waals surface area contributed by atoms with E-state index in [1.54, 1.807) is 6.92 Å². The Hall–Kier alpha value is -1.71. The van der Waals surface area contributed by atoms with Crippen LogP contribution >= 0.6 is 0 Å². The number of ketones is 1. The normalized spacial score (nSPS) is 20.3. The molecule has 3 rings (SSSR count). The first-order chi connectivity index (χ1) is 11.9. The lowest BCUT2D eigenvalue weighted by Crippen LogP contribution is -2.66. The van der Waals surface area contributed by atoms with Crippen molar-refractivity contribution in [1.29, 1.82) is 0 Å². The minimum absolute atomic E-state index is 0.00365. The summed E-state index contributed by atoms with van der Waals surface area (Å²) >= 11 is 0. The Morgan fingerprint density at radius 3 is 1.84 bits per heavy atom. The average molecular weight is 353 g/mol. The predicted octanol–water partition coefficient (Wildman–Crippen LogP) is 3.79. The maximum absolute atomic E-state index is 11.6. The van der Waals surface area contributed by atoms with E-state index < -0.39 is 8.32 Å². The first-order valence-electron chi connectivity index (χ1n) is 9.12. The molecule has 25 heavy (non-hydrogen) atoms. The van der Waals surface area contributed by atoms with Crippen LogP contribution in [-0.4, -0.2) is 20.7 Å². The van der Waals surface area contributed by atoms with Gasteiger partial charge < -0.3 is 4.43 Å². The first-order valence-corrected chi connectivity index (χ1v) is 11.0. The summed E-state index contributed by atoms with van der Waals surface area (Å²) in [5.41, 5.74) is 0. The summed E-state index contributed by atoms with van der Waals surface area (Å²) in [7, 11) is -2.45. The number of Topliss-reactive ketones (excluding diaryl/α,β-unsaturated/α-hetero) is 1. The standard InChI is InChI=1S/C22H28O2Si/c1-17(23)21-15-18(21)16-24-25(22(2,3)4,19-11-7-5-8-12-19)20-13-9-6-10-14-20/h5-14,18,21H,15-16H2,1-4H3/t18-,21+/m0/s1. The van der Waals surface area contributed by atoms with Crippen molar-refractivity contribution in [1.82, 2.24) is 0 Å². The summed E-state index contributed by atoms with van der Waals surface area (Å²) in [6.45, 7) is 9.24. The second-order valence-corrected chi connectivity index (χ2v) is 12.5. The smallest absolute Gasteiger partial charge is 0.261 e. The van der Waals surface area contributed by atoms with Crippen molar-refractivity contribution in [2.24, 2.45) is 11.8 Å². The fourth-order valence-electron chi connectivity index (χ4n) is 3.92. The number of hydrogen-bond donors (Lipinski definition) is 0. The van der Waals surface area contributed by atoms with E-state index in [1.807, 2.05) is 0 Å².